The summed E-state index contributed by atoms with van der Waals surface area (Å²) < 4.78 is 5.79. The number of nitrogens with one attached hydrogen (secondary N) is 1. The minimum Gasteiger partial charge on any atom is -0.374 e. The molecule has 0 aromatic rings. The van der Waals surface area contributed by atoms with Gasteiger partial charge in [-0.1, -0.05) is 13.0 Å². The third kappa shape index (κ3) is 9.95. The molecule has 0 aliphatic rings. The van der Waals surface area contributed by atoms with Crippen LogP contribution >= 0.6 is 0 Å². The summed E-state index contributed by atoms with van der Waals surface area (Å²) in [6, 6.07) is 0.481. The van der Waals surface area contributed by atoms with E-state index in [1.54, 1.807) is 0 Å². The highest BCUT2D eigenvalue weighted by Gasteiger charge is 2.14. The number of ether oxygens (including phenoxy) is 1. The first kappa shape index (κ1) is 14.7. The standard InChI is InChI=1S/C13H27NO/c1-6-8-9-10-12(14-7-2)11-15-13(3,4)5/h6,12,14H,1,7-11H2,2-5H3. The zero-order chi connectivity index (χ0) is 11.7. The van der Waals surface area contributed by atoms with Crippen molar-refractivity contribution >= 4 is 0 Å². The van der Waals surface area contributed by atoms with E-state index in [1.165, 1.54) is 6.42 Å². The molecule has 90 valence electrons. The lowest BCUT2D eigenvalue weighted by Crippen LogP contribution is -2.36. The minimum absolute atomic E-state index is 0.0356. The zero-order valence-electron chi connectivity index (χ0n) is 10.8. The average molecular weight is 213 g/mol. The van der Waals surface area contributed by atoms with Crippen LogP contribution in [0.25, 0.3) is 0 Å². The van der Waals surface area contributed by atoms with Crippen LogP contribution in [0.3, 0.4) is 0 Å². The molecule has 2 heteroatoms. The Morgan fingerprint density at radius 1 is 1.40 bits per heavy atom. The highest BCUT2D eigenvalue weighted by Crippen LogP contribution is 2.09. The second-order valence-corrected chi connectivity index (χ2v) is 4.90. The molecule has 2 nitrogen and oxygen atoms in total. The summed E-state index contributed by atoms with van der Waals surface area (Å²) in [5.41, 5.74) is -0.0356. The van der Waals surface area contributed by atoms with E-state index in [9.17, 15) is 0 Å². The first-order valence-electron chi connectivity index (χ1n) is 5.98. The molecule has 0 aliphatic heterocycles. The molecule has 0 saturated heterocycles. The number of hydrogen-bond donors (Lipinski definition) is 1. The maximum Gasteiger partial charge on any atom is 0.0626 e. The van der Waals surface area contributed by atoms with Gasteiger partial charge in [0.25, 0.3) is 0 Å². The molecule has 0 fully saturated rings. The molecule has 1 N–H and O–H groups in total. The Balaban J connectivity index is 3.77. The van der Waals surface area contributed by atoms with Crippen molar-refractivity contribution in [1.82, 2.24) is 5.32 Å². The topological polar surface area (TPSA) is 21.3 Å². The first-order chi connectivity index (χ1) is 6.99. The van der Waals surface area contributed by atoms with Crippen LogP contribution in [-0.4, -0.2) is 24.8 Å². The molecular formula is C13H27NO. The molecule has 0 saturated carbocycles. The van der Waals surface area contributed by atoms with Crippen LogP contribution in [0.2, 0.25) is 0 Å². The largest absolute Gasteiger partial charge is 0.374 e. The van der Waals surface area contributed by atoms with E-state index in [0.717, 1.165) is 26.0 Å². The SMILES string of the molecule is C=CCCCC(COC(C)(C)C)NCC. The Labute approximate surface area is 95.1 Å². The van der Waals surface area contributed by atoms with Crippen LogP contribution in [0.15, 0.2) is 12.7 Å². The molecule has 0 aromatic heterocycles. The van der Waals surface area contributed by atoms with Gasteiger partial charge in [0.1, 0.15) is 0 Å². The number of hydrogen-bond acceptors (Lipinski definition) is 2. The summed E-state index contributed by atoms with van der Waals surface area (Å²) in [4.78, 5) is 0. The summed E-state index contributed by atoms with van der Waals surface area (Å²) in [6.07, 6.45) is 5.43. The maximum absolute atomic E-state index is 5.79. The predicted octanol–water partition coefficient (Wildman–Crippen LogP) is 3.14. The van der Waals surface area contributed by atoms with Crippen molar-refractivity contribution in [3.8, 4) is 0 Å². The van der Waals surface area contributed by atoms with Gasteiger partial charge in [0.05, 0.1) is 12.2 Å². The highest BCUT2D eigenvalue weighted by molar-refractivity contribution is 4.72. The maximum atomic E-state index is 5.79. The summed E-state index contributed by atoms with van der Waals surface area (Å²) in [7, 11) is 0. The third-order valence-electron chi connectivity index (χ3n) is 2.17. The van der Waals surface area contributed by atoms with Gasteiger partial charge in [-0.05, 0) is 46.6 Å². The Bertz CT molecular complexity index is 160. The molecule has 0 rings (SSSR count). The first-order valence-corrected chi connectivity index (χ1v) is 5.98. The molecule has 0 bridgehead atoms. The van der Waals surface area contributed by atoms with Crippen LogP contribution in [0.4, 0.5) is 0 Å². The van der Waals surface area contributed by atoms with Crippen molar-refractivity contribution in [3.63, 3.8) is 0 Å². The van der Waals surface area contributed by atoms with Crippen molar-refractivity contribution in [2.24, 2.45) is 0 Å². The Hall–Kier alpha value is -0.340. The molecule has 0 heterocycles. The third-order valence-corrected chi connectivity index (χ3v) is 2.17. The van der Waals surface area contributed by atoms with Gasteiger partial charge in [0.2, 0.25) is 0 Å². The van der Waals surface area contributed by atoms with Gasteiger partial charge in [-0.3, -0.25) is 0 Å². The van der Waals surface area contributed by atoms with Crippen LogP contribution in [0, 0.1) is 0 Å². The summed E-state index contributed by atoms with van der Waals surface area (Å²) >= 11 is 0. The van der Waals surface area contributed by atoms with E-state index in [-0.39, 0.29) is 5.60 Å². The normalized spacial score (nSPS) is 13.9. The summed E-state index contributed by atoms with van der Waals surface area (Å²) in [6.45, 7) is 14.0. The van der Waals surface area contributed by atoms with Crippen LogP contribution < -0.4 is 5.32 Å². The van der Waals surface area contributed by atoms with E-state index in [4.69, 9.17) is 4.74 Å². The Morgan fingerprint density at radius 2 is 2.07 bits per heavy atom. The lowest BCUT2D eigenvalue weighted by molar-refractivity contribution is -0.0153. The molecule has 15 heavy (non-hydrogen) atoms. The molecule has 0 amide bonds. The highest BCUT2D eigenvalue weighted by atomic mass is 16.5. The molecule has 1 atom stereocenters. The van der Waals surface area contributed by atoms with Gasteiger partial charge in [-0.15, -0.1) is 6.58 Å². The van der Waals surface area contributed by atoms with Gasteiger partial charge >= 0.3 is 0 Å². The smallest absolute Gasteiger partial charge is 0.0626 e. The van der Waals surface area contributed by atoms with Crippen LogP contribution in [-0.2, 0) is 4.74 Å². The quantitative estimate of drug-likeness (QED) is 0.494. The Kier molecular flexibility index (Phi) is 7.71. The minimum atomic E-state index is -0.0356. The zero-order valence-corrected chi connectivity index (χ0v) is 10.8. The van der Waals surface area contributed by atoms with E-state index in [1.807, 2.05) is 6.08 Å². The number of likely N-dealkylation sites (N-methyl/N-ethyl adjacent to an activating group) is 1. The fourth-order valence-corrected chi connectivity index (χ4v) is 1.39. The number of unbranched alkanes of at least 4 members (excludes halogenated alkanes) is 1. The number of allylic oxidation sites excluding steroid dienone is 1. The van der Waals surface area contributed by atoms with E-state index in [0.29, 0.717) is 6.04 Å². The van der Waals surface area contributed by atoms with Crippen LogP contribution in [0.5, 0.6) is 0 Å². The van der Waals surface area contributed by atoms with Gasteiger partial charge in [-0.2, -0.15) is 0 Å². The summed E-state index contributed by atoms with van der Waals surface area (Å²) in [5, 5.41) is 3.45. The number of rotatable bonds is 8. The van der Waals surface area contributed by atoms with Crippen molar-refractivity contribution in [3.05, 3.63) is 12.7 Å². The van der Waals surface area contributed by atoms with Crippen molar-refractivity contribution in [1.29, 1.82) is 0 Å². The molecule has 0 aromatic carbocycles. The van der Waals surface area contributed by atoms with Gasteiger partial charge < -0.3 is 10.1 Å². The molecule has 0 radical (unpaired) electrons. The molecular weight excluding hydrogens is 186 g/mol. The molecule has 1 unspecified atom stereocenters. The van der Waals surface area contributed by atoms with Crippen LogP contribution in [0.1, 0.15) is 47.0 Å². The monoisotopic (exact) mass is 213 g/mol. The van der Waals surface area contributed by atoms with Crippen molar-refractivity contribution in [2.45, 2.75) is 58.6 Å². The lowest BCUT2D eigenvalue weighted by Gasteiger charge is -2.25. The van der Waals surface area contributed by atoms with E-state index in [2.05, 4.69) is 39.6 Å². The average Bonchev–Trinajstić information content (AvgIpc) is 2.13. The Morgan fingerprint density at radius 3 is 2.53 bits per heavy atom. The van der Waals surface area contributed by atoms with E-state index >= 15 is 0 Å². The van der Waals surface area contributed by atoms with Gasteiger partial charge in [-0.25, -0.2) is 0 Å². The fourth-order valence-electron chi connectivity index (χ4n) is 1.39. The van der Waals surface area contributed by atoms with E-state index < -0.39 is 0 Å². The lowest BCUT2D eigenvalue weighted by atomic mass is 10.1. The van der Waals surface area contributed by atoms with Gasteiger partial charge in [0, 0.05) is 6.04 Å². The second-order valence-electron chi connectivity index (χ2n) is 4.90. The second kappa shape index (κ2) is 7.89. The van der Waals surface area contributed by atoms with Crippen molar-refractivity contribution in [2.75, 3.05) is 13.2 Å². The predicted molar refractivity (Wildman–Crippen MR) is 67.2 cm³/mol. The van der Waals surface area contributed by atoms with Crippen molar-refractivity contribution < 1.29 is 4.74 Å². The fraction of sp³-hybridized carbons (Fsp3) is 0.846. The van der Waals surface area contributed by atoms with Gasteiger partial charge in [0.15, 0.2) is 0 Å². The summed E-state index contributed by atoms with van der Waals surface area (Å²) in [5.74, 6) is 0. The molecule has 0 aliphatic carbocycles. The molecule has 0 spiro atoms.